The van der Waals surface area contributed by atoms with Gasteiger partial charge < -0.3 is 10.6 Å². The second kappa shape index (κ2) is 10.5. The maximum atomic E-state index is 4.31. The van der Waals surface area contributed by atoms with Crippen LogP contribution in [0.2, 0.25) is 0 Å². The van der Waals surface area contributed by atoms with Crippen molar-refractivity contribution in [1.82, 2.24) is 25.4 Å². The number of nitrogens with zero attached hydrogens (tertiary/aromatic N) is 4. The Hall–Kier alpha value is -2.37. The molecule has 0 aliphatic carbocycles. The number of unbranched alkanes of at least 4 members (excludes halogenated alkanes) is 1. The van der Waals surface area contributed by atoms with Crippen LogP contribution in [0, 0.1) is 5.92 Å². The van der Waals surface area contributed by atoms with Gasteiger partial charge in [0.15, 0.2) is 11.8 Å². The minimum Gasteiger partial charge on any atom is -0.356 e. The number of aromatic nitrogens is 3. The van der Waals surface area contributed by atoms with Crippen molar-refractivity contribution in [3.8, 4) is 5.69 Å². The maximum Gasteiger partial charge on any atom is 0.191 e. The summed E-state index contributed by atoms with van der Waals surface area (Å²) in [5.74, 6) is 2.34. The summed E-state index contributed by atoms with van der Waals surface area (Å²) in [7, 11) is 1.80. The molecule has 2 rings (SSSR count). The average Bonchev–Trinajstić information content (AvgIpc) is 3.13. The van der Waals surface area contributed by atoms with E-state index < -0.39 is 0 Å². The number of benzene rings is 1. The van der Waals surface area contributed by atoms with Gasteiger partial charge in [0.1, 0.15) is 6.33 Å². The van der Waals surface area contributed by atoms with E-state index in [1.807, 2.05) is 34.9 Å². The summed E-state index contributed by atoms with van der Waals surface area (Å²) in [5.41, 5.74) is 1.05. The molecule has 6 heteroatoms. The highest BCUT2D eigenvalue weighted by atomic mass is 15.3. The molecule has 0 saturated carbocycles. The van der Waals surface area contributed by atoms with Gasteiger partial charge >= 0.3 is 0 Å². The third-order valence-electron chi connectivity index (χ3n) is 4.39. The van der Waals surface area contributed by atoms with Crippen LogP contribution in [0.1, 0.15) is 45.4 Å². The van der Waals surface area contributed by atoms with E-state index in [0.717, 1.165) is 24.0 Å². The van der Waals surface area contributed by atoms with Gasteiger partial charge in [0.05, 0.1) is 6.54 Å². The average molecular weight is 342 g/mol. The number of hydrogen-bond donors (Lipinski definition) is 2. The van der Waals surface area contributed by atoms with Gasteiger partial charge in [0.25, 0.3) is 0 Å². The Morgan fingerprint density at radius 3 is 2.68 bits per heavy atom. The molecule has 25 heavy (non-hydrogen) atoms. The normalized spacial score (nSPS) is 12.8. The van der Waals surface area contributed by atoms with Crippen LogP contribution < -0.4 is 10.6 Å². The maximum absolute atomic E-state index is 4.31. The summed E-state index contributed by atoms with van der Waals surface area (Å²) in [6, 6.07) is 10.1. The highest BCUT2D eigenvalue weighted by molar-refractivity contribution is 5.79. The van der Waals surface area contributed by atoms with Gasteiger partial charge in [-0.2, -0.15) is 0 Å². The fourth-order valence-corrected chi connectivity index (χ4v) is 2.75. The van der Waals surface area contributed by atoms with E-state index in [1.54, 1.807) is 13.4 Å². The Labute approximate surface area is 150 Å². The molecule has 136 valence electrons. The van der Waals surface area contributed by atoms with Gasteiger partial charge in [-0.25, -0.2) is 0 Å². The summed E-state index contributed by atoms with van der Waals surface area (Å²) in [6.45, 7) is 6.01. The molecule has 2 N–H and O–H groups in total. The van der Waals surface area contributed by atoms with Crippen LogP contribution in [-0.4, -0.2) is 34.3 Å². The zero-order valence-corrected chi connectivity index (χ0v) is 15.6. The minimum atomic E-state index is 0.570. The molecular weight excluding hydrogens is 312 g/mol. The minimum absolute atomic E-state index is 0.570. The first-order chi connectivity index (χ1) is 12.3. The van der Waals surface area contributed by atoms with Crippen LogP contribution in [0.3, 0.4) is 0 Å². The predicted octanol–water partition coefficient (Wildman–Crippen LogP) is 3.15. The molecule has 1 atom stereocenters. The summed E-state index contributed by atoms with van der Waals surface area (Å²) in [4.78, 5) is 4.31. The van der Waals surface area contributed by atoms with Crippen molar-refractivity contribution < 1.29 is 0 Å². The van der Waals surface area contributed by atoms with Gasteiger partial charge in [0.2, 0.25) is 0 Å². The third kappa shape index (κ3) is 5.89. The van der Waals surface area contributed by atoms with E-state index in [2.05, 4.69) is 39.7 Å². The lowest BCUT2D eigenvalue weighted by Gasteiger charge is -2.18. The second-order valence-electron chi connectivity index (χ2n) is 6.18. The van der Waals surface area contributed by atoms with Gasteiger partial charge in [-0.15, -0.1) is 10.2 Å². The Balaban J connectivity index is 1.88. The van der Waals surface area contributed by atoms with Crippen LogP contribution in [-0.2, 0) is 6.54 Å². The van der Waals surface area contributed by atoms with Crippen LogP contribution in [0.5, 0.6) is 0 Å². The highest BCUT2D eigenvalue weighted by Gasteiger charge is 2.09. The van der Waals surface area contributed by atoms with Crippen molar-refractivity contribution in [3.63, 3.8) is 0 Å². The van der Waals surface area contributed by atoms with Crippen molar-refractivity contribution >= 4 is 5.96 Å². The number of hydrogen-bond acceptors (Lipinski definition) is 3. The Morgan fingerprint density at radius 2 is 2.00 bits per heavy atom. The molecule has 0 fully saturated rings. The first-order valence-electron chi connectivity index (χ1n) is 9.17. The topological polar surface area (TPSA) is 67.1 Å². The van der Waals surface area contributed by atoms with Crippen LogP contribution >= 0.6 is 0 Å². The van der Waals surface area contributed by atoms with Crippen molar-refractivity contribution in [3.05, 3.63) is 42.5 Å². The molecule has 0 radical (unpaired) electrons. The Bertz CT molecular complexity index is 634. The molecule has 1 aromatic carbocycles. The molecule has 1 heterocycles. The van der Waals surface area contributed by atoms with Gasteiger partial charge in [0, 0.05) is 19.3 Å². The quantitative estimate of drug-likeness (QED) is 0.543. The lowest BCUT2D eigenvalue weighted by molar-refractivity contribution is 0.443. The molecule has 0 aliphatic heterocycles. The van der Waals surface area contributed by atoms with E-state index in [4.69, 9.17) is 0 Å². The smallest absolute Gasteiger partial charge is 0.191 e. The summed E-state index contributed by atoms with van der Waals surface area (Å²) < 4.78 is 1.98. The van der Waals surface area contributed by atoms with Gasteiger partial charge in [-0.1, -0.05) is 51.3 Å². The van der Waals surface area contributed by atoms with Crippen molar-refractivity contribution in [2.75, 3.05) is 13.6 Å². The van der Waals surface area contributed by atoms with E-state index in [0.29, 0.717) is 12.5 Å². The lowest BCUT2D eigenvalue weighted by Crippen LogP contribution is -2.39. The number of rotatable bonds is 9. The lowest BCUT2D eigenvalue weighted by atomic mass is 9.99. The summed E-state index contributed by atoms with van der Waals surface area (Å²) >= 11 is 0. The van der Waals surface area contributed by atoms with Gasteiger partial charge in [-0.05, 0) is 24.5 Å². The standard InChI is InChI=1S/C19H30N6/c1-4-6-10-16(5-2)13-21-19(20-3)22-14-18-24-23-15-25(18)17-11-8-7-9-12-17/h7-9,11-12,15-16H,4-6,10,13-14H2,1-3H3,(H2,20,21,22). The van der Waals surface area contributed by atoms with Gasteiger partial charge in [-0.3, -0.25) is 9.56 Å². The molecule has 0 saturated heterocycles. The second-order valence-corrected chi connectivity index (χ2v) is 6.18. The molecule has 0 spiro atoms. The first-order valence-corrected chi connectivity index (χ1v) is 9.17. The SMILES string of the molecule is CCCCC(CC)CNC(=NC)NCc1nncn1-c1ccccc1. The van der Waals surface area contributed by atoms with E-state index >= 15 is 0 Å². The van der Waals surface area contributed by atoms with Crippen molar-refractivity contribution in [2.24, 2.45) is 10.9 Å². The zero-order chi connectivity index (χ0) is 17.9. The molecule has 1 unspecified atom stereocenters. The molecular formula is C19H30N6. The molecule has 0 amide bonds. The fraction of sp³-hybridized carbons (Fsp3) is 0.526. The summed E-state index contributed by atoms with van der Waals surface area (Å²) in [6.07, 6.45) is 6.72. The molecule has 2 aromatic rings. The third-order valence-corrected chi connectivity index (χ3v) is 4.39. The Kier molecular flexibility index (Phi) is 7.95. The van der Waals surface area contributed by atoms with E-state index in [9.17, 15) is 0 Å². The largest absolute Gasteiger partial charge is 0.356 e. The molecule has 6 nitrogen and oxygen atoms in total. The van der Waals surface area contributed by atoms with Crippen molar-refractivity contribution in [1.29, 1.82) is 0 Å². The number of nitrogens with one attached hydrogen (secondary N) is 2. The van der Waals surface area contributed by atoms with Crippen LogP contribution in [0.15, 0.2) is 41.7 Å². The zero-order valence-electron chi connectivity index (χ0n) is 15.6. The van der Waals surface area contributed by atoms with Crippen LogP contribution in [0.25, 0.3) is 5.69 Å². The molecule has 0 bridgehead atoms. The van der Waals surface area contributed by atoms with E-state index in [-0.39, 0.29) is 0 Å². The molecule has 0 aliphatic rings. The first kappa shape index (κ1) is 19.0. The highest BCUT2D eigenvalue weighted by Crippen LogP contribution is 2.11. The van der Waals surface area contributed by atoms with Crippen LogP contribution in [0.4, 0.5) is 0 Å². The van der Waals surface area contributed by atoms with E-state index in [1.165, 1.54) is 25.7 Å². The number of para-hydroxylation sites is 1. The summed E-state index contributed by atoms with van der Waals surface area (Å²) in [5, 5.41) is 15.0. The molecule has 1 aromatic heterocycles. The fourth-order valence-electron chi connectivity index (χ4n) is 2.75. The number of guanidine groups is 1. The Morgan fingerprint density at radius 1 is 1.20 bits per heavy atom. The predicted molar refractivity (Wildman–Crippen MR) is 103 cm³/mol. The number of aliphatic imine (C=N–C) groups is 1. The monoisotopic (exact) mass is 342 g/mol. The van der Waals surface area contributed by atoms with Crippen molar-refractivity contribution in [2.45, 2.75) is 46.1 Å².